The molecule has 1 aromatic rings. The predicted molar refractivity (Wildman–Crippen MR) is 78.0 cm³/mol. The Hall–Kier alpha value is -0.0600. The van der Waals surface area contributed by atoms with E-state index in [1.807, 2.05) is 6.20 Å². The second kappa shape index (κ2) is 7.39. The lowest BCUT2D eigenvalue weighted by Crippen LogP contribution is -2.33. The molecule has 1 atom stereocenters. The number of hydrogen-bond donors (Lipinski definition) is 1. The van der Waals surface area contributed by atoms with Gasteiger partial charge in [0.15, 0.2) is 0 Å². The molecule has 4 heteroatoms. The molecule has 1 fully saturated rings. The van der Waals surface area contributed by atoms with Crippen LogP contribution in [0.4, 0.5) is 0 Å². The minimum Gasteiger partial charge on any atom is -0.313 e. The maximum Gasteiger partial charge on any atom is 0.0940 e. The predicted octanol–water partition coefficient (Wildman–Crippen LogP) is 3.34. The molecule has 1 unspecified atom stereocenters. The van der Waals surface area contributed by atoms with Gasteiger partial charge in [-0.05, 0) is 19.4 Å². The Bertz CT molecular complexity index is 294. The van der Waals surface area contributed by atoms with Crippen LogP contribution >= 0.6 is 23.1 Å². The Balaban J connectivity index is 1.75. The highest BCUT2D eigenvalue weighted by Crippen LogP contribution is 2.30. The number of thiazole rings is 1. The second-order valence-corrected chi connectivity index (χ2v) is 6.94. The Kier molecular flexibility index (Phi) is 5.81. The van der Waals surface area contributed by atoms with E-state index in [9.17, 15) is 0 Å². The number of hydrogen-bond acceptors (Lipinski definition) is 4. The van der Waals surface area contributed by atoms with Gasteiger partial charge in [-0.15, -0.1) is 11.3 Å². The van der Waals surface area contributed by atoms with E-state index >= 15 is 0 Å². The molecule has 2 nitrogen and oxygen atoms in total. The van der Waals surface area contributed by atoms with Crippen molar-refractivity contribution in [2.24, 2.45) is 0 Å². The molecule has 0 saturated heterocycles. The molecule has 17 heavy (non-hydrogen) atoms. The van der Waals surface area contributed by atoms with Crippen molar-refractivity contribution < 1.29 is 0 Å². The van der Waals surface area contributed by atoms with Gasteiger partial charge in [0.05, 0.1) is 5.01 Å². The van der Waals surface area contributed by atoms with Crippen molar-refractivity contribution in [1.29, 1.82) is 0 Å². The molecule has 1 saturated carbocycles. The van der Waals surface area contributed by atoms with E-state index in [1.165, 1.54) is 36.4 Å². The van der Waals surface area contributed by atoms with Crippen molar-refractivity contribution in [2.45, 2.75) is 50.3 Å². The average Bonchev–Trinajstić information content (AvgIpc) is 2.99. The summed E-state index contributed by atoms with van der Waals surface area (Å²) in [6.45, 7) is 3.25. The van der Waals surface area contributed by atoms with Crippen LogP contribution in [0.15, 0.2) is 11.6 Å². The van der Waals surface area contributed by atoms with Crippen LogP contribution in [0.2, 0.25) is 0 Å². The van der Waals surface area contributed by atoms with E-state index in [4.69, 9.17) is 0 Å². The minimum atomic E-state index is 0.594. The summed E-state index contributed by atoms with van der Waals surface area (Å²) in [7, 11) is 0. The first-order valence-corrected chi connectivity index (χ1v) is 8.54. The molecular formula is C13H22N2S2. The largest absolute Gasteiger partial charge is 0.313 e. The highest BCUT2D eigenvalue weighted by molar-refractivity contribution is 7.99. The minimum absolute atomic E-state index is 0.594. The SMILES string of the molecule is CCNC(CSC1CCCC1)Cc1nccs1. The summed E-state index contributed by atoms with van der Waals surface area (Å²) in [5, 5.41) is 7.85. The topological polar surface area (TPSA) is 24.9 Å². The fraction of sp³-hybridized carbons (Fsp3) is 0.769. The maximum absolute atomic E-state index is 4.39. The van der Waals surface area contributed by atoms with E-state index in [0.29, 0.717) is 6.04 Å². The molecule has 0 aliphatic heterocycles. The van der Waals surface area contributed by atoms with Gasteiger partial charge in [-0.3, -0.25) is 0 Å². The molecule has 1 aliphatic rings. The first-order chi connectivity index (χ1) is 8.38. The fourth-order valence-corrected chi connectivity index (χ4v) is 4.46. The molecule has 0 spiro atoms. The highest BCUT2D eigenvalue weighted by Gasteiger charge is 2.18. The molecule has 0 amide bonds. The van der Waals surface area contributed by atoms with Crippen molar-refractivity contribution in [3.63, 3.8) is 0 Å². The zero-order chi connectivity index (χ0) is 11.9. The third kappa shape index (κ3) is 4.60. The van der Waals surface area contributed by atoms with E-state index in [0.717, 1.165) is 18.2 Å². The van der Waals surface area contributed by atoms with Crippen LogP contribution in [-0.2, 0) is 6.42 Å². The molecule has 96 valence electrons. The number of nitrogens with zero attached hydrogens (tertiary/aromatic N) is 1. The molecule has 1 heterocycles. The van der Waals surface area contributed by atoms with Crippen LogP contribution in [0.5, 0.6) is 0 Å². The number of thioether (sulfide) groups is 1. The van der Waals surface area contributed by atoms with Crippen LogP contribution in [0.3, 0.4) is 0 Å². The Morgan fingerprint density at radius 1 is 1.53 bits per heavy atom. The van der Waals surface area contributed by atoms with Gasteiger partial charge in [0, 0.05) is 35.0 Å². The molecule has 2 rings (SSSR count). The van der Waals surface area contributed by atoms with Gasteiger partial charge in [-0.2, -0.15) is 11.8 Å². The summed E-state index contributed by atoms with van der Waals surface area (Å²) >= 11 is 3.94. The van der Waals surface area contributed by atoms with Crippen LogP contribution < -0.4 is 5.32 Å². The van der Waals surface area contributed by atoms with E-state index in [2.05, 4.69) is 34.4 Å². The first kappa shape index (κ1) is 13.4. The van der Waals surface area contributed by atoms with Crippen molar-refractivity contribution in [3.05, 3.63) is 16.6 Å². The quantitative estimate of drug-likeness (QED) is 0.822. The van der Waals surface area contributed by atoms with Crippen LogP contribution in [0.25, 0.3) is 0 Å². The molecule has 0 bridgehead atoms. The third-order valence-corrected chi connectivity index (χ3v) is 5.57. The van der Waals surface area contributed by atoms with Gasteiger partial charge in [-0.1, -0.05) is 19.8 Å². The number of nitrogens with one attached hydrogen (secondary N) is 1. The summed E-state index contributed by atoms with van der Waals surface area (Å²) in [6.07, 6.45) is 8.74. The highest BCUT2D eigenvalue weighted by atomic mass is 32.2. The van der Waals surface area contributed by atoms with E-state index < -0.39 is 0 Å². The molecule has 0 aromatic carbocycles. The fourth-order valence-electron chi connectivity index (χ4n) is 2.35. The zero-order valence-electron chi connectivity index (χ0n) is 10.5. The summed E-state index contributed by atoms with van der Waals surface area (Å²) in [6, 6.07) is 0.594. The lowest BCUT2D eigenvalue weighted by molar-refractivity contribution is 0.570. The normalized spacial score (nSPS) is 18.6. The maximum atomic E-state index is 4.39. The van der Waals surface area contributed by atoms with Gasteiger partial charge in [0.25, 0.3) is 0 Å². The summed E-state index contributed by atoms with van der Waals surface area (Å²) in [5.41, 5.74) is 0. The second-order valence-electron chi connectivity index (χ2n) is 4.62. The third-order valence-electron chi connectivity index (χ3n) is 3.23. The first-order valence-electron chi connectivity index (χ1n) is 6.62. The average molecular weight is 270 g/mol. The van der Waals surface area contributed by atoms with Crippen LogP contribution in [-0.4, -0.2) is 28.6 Å². The Morgan fingerprint density at radius 3 is 3.00 bits per heavy atom. The summed E-state index contributed by atoms with van der Waals surface area (Å²) in [4.78, 5) is 4.39. The van der Waals surface area contributed by atoms with Crippen molar-refractivity contribution in [1.82, 2.24) is 10.3 Å². The van der Waals surface area contributed by atoms with Gasteiger partial charge in [-0.25, -0.2) is 4.98 Å². The van der Waals surface area contributed by atoms with Gasteiger partial charge < -0.3 is 5.32 Å². The van der Waals surface area contributed by atoms with Crippen molar-refractivity contribution in [2.75, 3.05) is 12.3 Å². The lowest BCUT2D eigenvalue weighted by Gasteiger charge is -2.18. The number of rotatable bonds is 7. The van der Waals surface area contributed by atoms with E-state index in [-0.39, 0.29) is 0 Å². The molecule has 1 aromatic heterocycles. The molecule has 1 aliphatic carbocycles. The summed E-state index contributed by atoms with van der Waals surface area (Å²) < 4.78 is 0. The van der Waals surface area contributed by atoms with Crippen LogP contribution in [0.1, 0.15) is 37.6 Å². The molecule has 0 radical (unpaired) electrons. The van der Waals surface area contributed by atoms with Crippen molar-refractivity contribution >= 4 is 23.1 Å². The zero-order valence-corrected chi connectivity index (χ0v) is 12.2. The Labute approximate surface area is 113 Å². The smallest absolute Gasteiger partial charge is 0.0940 e. The van der Waals surface area contributed by atoms with Crippen LogP contribution in [0, 0.1) is 0 Å². The lowest BCUT2D eigenvalue weighted by atomic mass is 10.2. The number of aromatic nitrogens is 1. The molecule has 1 N–H and O–H groups in total. The standard InChI is InChI=1S/C13H22N2S2/c1-2-14-11(9-13-15-7-8-16-13)10-17-12-5-3-4-6-12/h7-8,11-12,14H,2-6,9-10H2,1H3. The van der Waals surface area contributed by atoms with Crippen molar-refractivity contribution in [3.8, 4) is 0 Å². The van der Waals surface area contributed by atoms with Gasteiger partial charge in [0.1, 0.15) is 0 Å². The number of likely N-dealkylation sites (N-methyl/N-ethyl adjacent to an activating group) is 1. The molecular weight excluding hydrogens is 248 g/mol. The van der Waals surface area contributed by atoms with E-state index in [1.54, 1.807) is 11.3 Å². The summed E-state index contributed by atoms with van der Waals surface area (Å²) in [5.74, 6) is 1.23. The van der Waals surface area contributed by atoms with Gasteiger partial charge in [0.2, 0.25) is 0 Å². The Morgan fingerprint density at radius 2 is 2.35 bits per heavy atom. The van der Waals surface area contributed by atoms with Gasteiger partial charge >= 0.3 is 0 Å². The monoisotopic (exact) mass is 270 g/mol.